The van der Waals surface area contributed by atoms with Gasteiger partial charge in [0.05, 0.1) is 6.54 Å². The van der Waals surface area contributed by atoms with Crippen LogP contribution in [-0.2, 0) is 17.8 Å². The number of hydrogen-bond donors (Lipinski definition) is 1. The van der Waals surface area contributed by atoms with E-state index in [9.17, 15) is 9.18 Å². The molecule has 1 aliphatic rings. The molecule has 1 aliphatic heterocycles. The lowest BCUT2D eigenvalue weighted by atomic mass is 9.98. The highest BCUT2D eigenvalue weighted by atomic mass is 32.1. The van der Waals surface area contributed by atoms with Gasteiger partial charge in [-0.2, -0.15) is 0 Å². The number of amides is 1. The van der Waals surface area contributed by atoms with Crippen molar-refractivity contribution < 1.29 is 9.18 Å². The fourth-order valence-electron chi connectivity index (χ4n) is 3.19. The molecule has 1 aromatic heterocycles. The van der Waals surface area contributed by atoms with E-state index in [2.05, 4.69) is 28.6 Å². The summed E-state index contributed by atoms with van der Waals surface area (Å²) in [5.74, 6) is -0.328. The van der Waals surface area contributed by atoms with Gasteiger partial charge in [-0.1, -0.05) is 25.1 Å². The van der Waals surface area contributed by atoms with Gasteiger partial charge in [0.25, 0.3) is 0 Å². The molecule has 0 radical (unpaired) electrons. The van der Waals surface area contributed by atoms with Crippen LogP contribution in [0.3, 0.4) is 0 Å². The van der Waals surface area contributed by atoms with Crippen molar-refractivity contribution in [3.63, 3.8) is 0 Å². The van der Waals surface area contributed by atoms with E-state index in [1.807, 2.05) is 0 Å². The summed E-state index contributed by atoms with van der Waals surface area (Å²) in [6.45, 7) is 3.66. The normalized spacial score (nSPS) is 17.7. The molecule has 0 spiro atoms. The third kappa shape index (κ3) is 3.62. The molecule has 5 heteroatoms. The van der Waals surface area contributed by atoms with Crippen LogP contribution in [0.1, 0.15) is 35.4 Å². The summed E-state index contributed by atoms with van der Waals surface area (Å²) in [6, 6.07) is 9.03. The number of nitrogens with zero attached hydrogens (tertiary/aromatic N) is 1. The Labute approximate surface area is 140 Å². The summed E-state index contributed by atoms with van der Waals surface area (Å²) in [4.78, 5) is 15.9. The summed E-state index contributed by atoms with van der Waals surface area (Å²) in [7, 11) is 0. The number of halogens is 1. The van der Waals surface area contributed by atoms with Gasteiger partial charge in [0.2, 0.25) is 5.91 Å². The average molecular weight is 332 g/mol. The largest absolute Gasteiger partial charge is 0.351 e. The van der Waals surface area contributed by atoms with Crippen molar-refractivity contribution in [1.82, 2.24) is 10.2 Å². The maximum absolute atomic E-state index is 13.6. The molecule has 1 N–H and O–H groups in total. The first kappa shape index (κ1) is 16.1. The van der Waals surface area contributed by atoms with Crippen molar-refractivity contribution in [1.29, 1.82) is 0 Å². The van der Waals surface area contributed by atoms with Crippen LogP contribution in [0.2, 0.25) is 0 Å². The zero-order valence-electron chi connectivity index (χ0n) is 13.2. The Kier molecular flexibility index (Phi) is 5.08. The van der Waals surface area contributed by atoms with Gasteiger partial charge in [-0.3, -0.25) is 9.69 Å². The second-order valence-electron chi connectivity index (χ2n) is 5.81. The minimum absolute atomic E-state index is 0.0506. The van der Waals surface area contributed by atoms with Crippen LogP contribution < -0.4 is 5.32 Å². The molecule has 122 valence electrons. The fourth-order valence-corrected chi connectivity index (χ4v) is 4.12. The number of fused-ring (bicyclic) bond motifs is 1. The van der Waals surface area contributed by atoms with E-state index in [1.165, 1.54) is 16.5 Å². The molecule has 1 atom stereocenters. The molecule has 2 heterocycles. The molecule has 1 aromatic carbocycles. The second-order valence-corrected chi connectivity index (χ2v) is 6.81. The van der Waals surface area contributed by atoms with Gasteiger partial charge < -0.3 is 5.32 Å². The minimum atomic E-state index is -0.278. The number of hydrogen-bond acceptors (Lipinski definition) is 3. The van der Waals surface area contributed by atoms with Gasteiger partial charge in [0, 0.05) is 29.6 Å². The maximum Gasteiger partial charge on any atom is 0.234 e. The third-order valence-electron chi connectivity index (χ3n) is 4.37. The number of nitrogens with one attached hydrogen (secondary N) is 1. The van der Waals surface area contributed by atoms with E-state index >= 15 is 0 Å². The standard InChI is InChI=1S/C18H21FN2OS/c1-2-16-14-8-10-23-17(14)7-9-21(16)12-18(22)20-11-13-5-3-4-6-15(13)19/h3-6,8,10,16H,2,7,9,11-12H2,1H3,(H,20,22)/t16-/m1/s1. The maximum atomic E-state index is 13.6. The number of benzene rings is 1. The summed E-state index contributed by atoms with van der Waals surface area (Å²) in [5.41, 5.74) is 1.89. The Balaban J connectivity index is 1.59. The second kappa shape index (κ2) is 7.23. The van der Waals surface area contributed by atoms with Crippen LogP contribution in [0.5, 0.6) is 0 Å². The predicted molar refractivity (Wildman–Crippen MR) is 90.9 cm³/mol. The highest BCUT2D eigenvalue weighted by Crippen LogP contribution is 2.34. The van der Waals surface area contributed by atoms with Gasteiger partial charge in [-0.05, 0) is 35.9 Å². The first-order chi connectivity index (χ1) is 11.2. The molecular formula is C18H21FN2OS. The Morgan fingerprint density at radius 3 is 3.00 bits per heavy atom. The van der Waals surface area contributed by atoms with Gasteiger partial charge in [0.15, 0.2) is 0 Å². The zero-order valence-corrected chi connectivity index (χ0v) is 14.0. The Bertz CT molecular complexity index is 685. The van der Waals surface area contributed by atoms with Crippen LogP contribution in [0, 0.1) is 5.82 Å². The SMILES string of the molecule is CC[C@@H]1c2ccsc2CCN1CC(=O)NCc1ccccc1F. The van der Waals surface area contributed by atoms with E-state index in [1.54, 1.807) is 29.5 Å². The summed E-state index contributed by atoms with van der Waals surface area (Å²) >= 11 is 1.81. The lowest BCUT2D eigenvalue weighted by Crippen LogP contribution is -2.42. The van der Waals surface area contributed by atoms with Crippen LogP contribution in [0.15, 0.2) is 35.7 Å². The molecule has 1 amide bonds. The molecular weight excluding hydrogens is 311 g/mol. The first-order valence-electron chi connectivity index (χ1n) is 7.99. The third-order valence-corrected chi connectivity index (χ3v) is 5.37. The highest BCUT2D eigenvalue weighted by Gasteiger charge is 2.28. The minimum Gasteiger partial charge on any atom is -0.351 e. The van der Waals surface area contributed by atoms with E-state index in [4.69, 9.17) is 0 Å². The van der Waals surface area contributed by atoms with Crippen molar-refractivity contribution >= 4 is 17.2 Å². The Hall–Kier alpha value is -1.72. The van der Waals surface area contributed by atoms with E-state index in [0.29, 0.717) is 18.2 Å². The summed E-state index contributed by atoms with van der Waals surface area (Å²) in [6.07, 6.45) is 1.99. The van der Waals surface area contributed by atoms with Crippen LogP contribution in [0.4, 0.5) is 4.39 Å². The van der Waals surface area contributed by atoms with Gasteiger partial charge >= 0.3 is 0 Å². The van der Waals surface area contributed by atoms with Gasteiger partial charge in [-0.25, -0.2) is 4.39 Å². The number of rotatable bonds is 5. The number of carbonyl (C=O) groups is 1. The monoisotopic (exact) mass is 332 g/mol. The molecule has 0 saturated heterocycles. The zero-order chi connectivity index (χ0) is 16.2. The average Bonchev–Trinajstić information content (AvgIpc) is 3.02. The Morgan fingerprint density at radius 2 is 2.22 bits per heavy atom. The summed E-state index contributed by atoms with van der Waals surface area (Å²) in [5, 5.41) is 4.97. The fraction of sp³-hybridized carbons (Fsp3) is 0.389. The molecule has 3 rings (SSSR count). The van der Waals surface area contributed by atoms with Crippen LogP contribution in [-0.4, -0.2) is 23.9 Å². The first-order valence-corrected chi connectivity index (χ1v) is 8.87. The van der Waals surface area contributed by atoms with Crippen molar-refractivity contribution in [3.05, 3.63) is 57.5 Å². The lowest BCUT2D eigenvalue weighted by Gasteiger charge is -2.34. The molecule has 0 saturated carbocycles. The van der Waals surface area contributed by atoms with Crippen molar-refractivity contribution in [2.24, 2.45) is 0 Å². The molecule has 0 aliphatic carbocycles. The van der Waals surface area contributed by atoms with Crippen LogP contribution >= 0.6 is 11.3 Å². The molecule has 0 bridgehead atoms. The van der Waals surface area contributed by atoms with Crippen molar-refractivity contribution in [2.45, 2.75) is 32.4 Å². The molecule has 3 nitrogen and oxygen atoms in total. The highest BCUT2D eigenvalue weighted by molar-refractivity contribution is 7.10. The quantitative estimate of drug-likeness (QED) is 0.909. The summed E-state index contributed by atoms with van der Waals surface area (Å²) < 4.78 is 13.6. The topological polar surface area (TPSA) is 32.3 Å². The van der Waals surface area contributed by atoms with E-state index in [0.717, 1.165) is 19.4 Å². The van der Waals surface area contributed by atoms with E-state index in [-0.39, 0.29) is 18.3 Å². The number of thiophene rings is 1. The van der Waals surface area contributed by atoms with E-state index < -0.39 is 0 Å². The smallest absolute Gasteiger partial charge is 0.234 e. The molecule has 23 heavy (non-hydrogen) atoms. The van der Waals surface area contributed by atoms with Crippen molar-refractivity contribution in [2.75, 3.05) is 13.1 Å². The Morgan fingerprint density at radius 1 is 1.39 bits per heavy atom. The molecule has 2 aromatic rings. The molecule has 0 unspecified atom stereocenters. The van der Waals surface area contributed by atoms with Crippen molar-refractivity contribution in [3.8, 4) is 0 Å². The van der Waals surface area contributed by atoms with Crippen LogP contribution in [0.25, 0.3) is 0 Å². The molecule has 0 fully saturated rings. The number of carbonyl (C=O) groups excluding carboxylic acids is 1. The van der Waals surface area contributed by atoms with Gasteiger partial charge in [-0.15, -0.1) is 11.3 Å². The lowest BCUT2D eigenvalue weighted by molar-refractivity contribution is -0.123. The predicted octanol–water partition coefficient (Wildman–Crippen LogP) is 3.51. The van der Waals surface area contributed by atoms with Gasteiger partial charge in [0.1, 0.15) is 5.82 Å².